The number of hydrogen-bond acceptors (Lipinski definition) is 4. The van der Waals surface area contributed by atoms with Crippen LogP contribution in [-0.4, -0.2) is 48.9 Å². The predicted octanol–water partition coefficient (Wildman–Crippen LogP) is 0.117. The van der Waals surface area contributed by atoms with Crippen molar-refractivity contribution in [2.75, 3.05) is 38.1 Å². The number of piperazine rings is 1. The zero-order valence-electron chi connectivity index (χ0n) is 9.48. The van der Waals surface area contributed by atoms with Crippen LogP contribution in [0.4, 0.5) is 5.82 Å². The summed E-state index contributed by atoms with van der Waals surface area (Å²) in [7, 11) is 2.12. The van der Waals surface area contributed by atoms with Gasteiger partial charge < -0.3 is 15.5 Å². The first kappa shape index (κ1) is 10.9. The minimum absolute atomic E-state index is 0.0952. The van der Waals surface area contributed by atoms with E-state index in [0.29, 0.717) is 0 Å². The van der Waals surface area contributed by atoms with Gasteiger partial charge in [-0.1, -0.05) is 0 Å². The van der Waals surface area contributed by atoms with Crippen molar-refractivity contribution in [1.82, 2.24) is 9.88 Å². The minimum atomic E-state index is 0.0952. The summed E-state index contributed by atoms with van der Waals surface area (Å²) in [5, 5.41) is 7.40. The van der Waals surface area contributed by atoms with Gasteiger partial charge >= 0.3 is 0 Å². The second-order valence-corrected chi connectivity index (χ2v) is 4.11. The maximum absolute atomic E-state index is 7.40. The summed E-state index contributed by atoms with van der Waals surface area (Å²) < 4.78 is 0. The van der Waals surface area contributed by atoms with E-state index < -0.39 is 0 Å². The summed E-state index contributed by atoms with van der Waals surface area (Å²) >= 11 is 0. The molecule has 0 spiro atoms. The van der Waals surface area contributed by atoms with Crippen LogP contribution in [0.2, 0.25) is 0 Å². The van der Waals surface area contributed by atoms with Crippen LogP contribution in [0.3, 0.4) is 0 Å². The highest BCUT2D eigenvalue weighted by Gasteiger charge is 2.15. The van der Waals surface area contributed by atoms with E-state index in [1.165, 1.54) is 0 Å². The van der Waals surface area contributed by atoms with E-state index in [0.717, 1.165) is 37.6 Å². The van der Waals surface area contributed by atoms with Crippen LogP contribution in [0.15, 0.2) is 18.3 Å². The largest absolute Gasteiger partial charge is 0.384 e. The van der Waals surface area contributed by atoms with Gasteiger partial charge in [0.1, 0.15) is 11.7 Å². The van der Waals surface area contributed by atoms with Gasteiger partial charge in [0.25, 0.3) is 0 Å². The van der Waals surface area contributed by atoms with E-state index in [-0.39, 0.29) is 5.84 Å². The molecule has 0 aliphatic carbocycles. The zero-order valence-corrected chi connectivity index (χ0v) is 9.48. The Morgan fingerprint density at radius 3 is 2.69 bits per heavy atom. The van der Waals surface area contributed by atoms with E-state index in [1.54, 1.807) is 12.3 Å². The molecule has 1 fully saturated rings. The van der Waals surface area contributed by atoms with Gasteiger partial charge in [-0.05, 0) is 19.2 Å². The van der Waals surface area contributed by atoms with Gasteiger partial charge in [0.2, 0.25) is 0 Å². The molecule has 5 nitrogen and oxygen atoms in total. The van der Waals surface area contributed by atoms with E-state index >= 15 is 0 Å². The number of aromatic nitrogens is 1. The molecule has 86 valence electrons. The number of nitrogens with two attached hydrogens (primary N) is 1. The zero-order chi connectivity index (χ0) is 11.5. The smallest absolute Gasteiger partial charge is 0.129 e. The quantitative estimate of drug-likeness (QED) is 0.547. The van der Waals surface area contributed by atoms with Crippen molar-refractivity contribution in [1.29, 1.82) is 5.41 Å². The maximum Gasteiger partial charge on any atom is 0.129 e. The Bertz CT molecular complexity index is 382. The number of nitrogens with zero attached hydrogens (tertiary/aromatic N) is 3. The van der Waals surface area contributed by atoms with Crippen LogP contribution < -0.4 is 10.6 Å². The summed E-state index contributed by atoms with van der Waals surface area (Å²) in [6.45, 7) is 4.05. The van der Waals surface area contributed by atoms with Gasteiger partial charge in [0.05, 0.1) is 0 Å². The van der Waals surface area contributed by atoms with Gasteiger partial charge in [-0.25, -0.2) is 4.98 Å². The highest BCUT2D eigenvalue weighted by molar-refractivity contribution is 5.95. The molecule has 0 amide bonds. The topological polar surface area (TPSA) is 69.2 Å². The average molecular weight is 219 g/mol. The Kier molecular flexibility index (Phi) is 3.05. The first-order valence-electron chi connectivity index (χ1n) is 5.41. The Morgan fingerprint density at radius 2 is 2.06 bits per heavy atom. The number of rotatable bonds is 2. The third kappa shape index (κ3) is 2.30. The lowest BCUT2D eigenvalue weighted by Crippen LogP contribution is -2.44. The van der Waals surface area contributed by atoms with Gasteiger partial charge in [0.15, 0.2) is 0 Å². The van der Waals surface area contributed by atoms with Gasteiger partial charge in [-0.3, -0.25) is 5.41 Å². The lowest BCUT2D eigenvalue weighted by Gasteiger charge is -2.33. The van der Waals surface area contributed by atoms with E-state index in [1.807, 2.05) is 6.07 Å². The number of nitrogen functional groups attached to an aromatic ring is 1. The molecule has 0 radical (unpaired) electrons. The number of nitrogens with one attached hydrogen (secondary N) is 1. The fourth-order valence-electron chi connectivity index (χ4n) is 1.79. The average Bonchev–Trinajstić information content (AvgIpc) is 2.30. The molecule has 2 rings (SSSR count). The molecule has 1 aliphatic heterocycles. The Labute approximate surface area is 95.4 Å². The second-order valence-electron chi connectivity index (χ2n) is 4.11. The molecule has 0 aromatic carbocycles. The third-order valence-electron chi connectivity index (χ3n) is 2.88. The molecule has 1 aliphatic rings. The molecule has 5 heteroatoms. The molecule has 1 saturated heterocycles. The summed E-state index contributed by atoms with van der Waals surface area (Å²) in [6.07, 6.45) is 1.71. The van der Waals surface area contributed by atoms with Crippen LogP contribution in [-0.2, 0) is 0 Å². The number of hydrogen-bond donors (Lipinski definition) is 2. The molecular formula is C11H17N5. The molecule has 1 aromatic rings. The van der Waals surface area contributed by atoms with Crippen LogP contribution in [0.5, 0.6) is 0 Å². The SMILES string of the molecule is CN1CCN(c2cc(C(=N)N)ccn2)CC1. The van der Waals surface area contributed by atoms with Crippen LogP contribution in [0, 0.1) is 5.41 Å². The number of pyridine rings is 1. The number of amidine groups is 1. The summed E-state index contributed by atoms with van der Waals surface area (Å²) in [6, 6.07) is 3.65. The van der Waals surface area contributed by atoms with Crippen molar-refractivity contribution in [3.63, 3.8) is 0 Å². The number of likely N-dealkylation sites (N-methyl/N-ethyl adjacent to an activating group) is 1. The van der Waals surface area contributed by atoms with Gasteiger partial charge in [-0.2, -0.15) is 0 Å². The summed E-state index contributed by atoms with van der Waals surface area (Å²) in [5.41, 5.74) is 6.20. The molecule has 0 atom stereocenters. The second kappa shape index (κ2) is 4.49. The molecule has 16 heavy (non-hydrogen) atoms. The van der Waals surface area contributed by atoms with Crippen LogP contribution in [0.1, 0.15) is 5.56 Å². The monoisotopic (exact) mass is 219 g/mol. The standard InChI is InChI=1S/C11H17N5/c1-15-4-6-16(7-5-15)10-8-9(11(12)13)2-3-14-10/h2-3,8H,4-7H2,1H3,(H3,12,13). The van der Waals surface area contributed by atoms with Crippen LogP contribution in [0.25, 0.3) is 0 Å². The molecular weight excluding hydrogens is 202 g/mol. The van der Waals surface area contributed by atoms with Crippen molar-refractivity contribution in [3.05, 3.63) is 23.9 Å². The lowest BCUT2D eigenvalue weighted by molar-refractivity contribution is 0.312. The Morgan fingerprint density at radius 1 is 1.38 bits per heavy atom. The first-order chi connectivity index (χ1) is 7.66. The van der Waals surface area contributed by atoms with Crippen molar-refractivity contribution in [2.45, 2.75) is 0 Å². The highest BCUT2D eigenvalue weighted by atomic mass is 15.3. The minimum Gasteiger partial charge on any atom is -0.384 e. The fourth-order valence-corrected chi connectivity index (χ4v) is 1.79. The van der Waals surface area contributed by atoms with E-state index in [9.17, 15) is 0 Å². The summed E-state index contributed by atoms with van der Waals surface area (Å²) in [5.74, 6) is 1.01. The maximum atomic E-state index is 7.40. The Balaban J connectivity index is 2.14. The normalized spacial score (nSPS) is 17.4. The lowest BCUT2D eigenvalue weighted by atomic mass is 10.2. The molecule has 3 N–H and O–H groups in total. The highest BCUT2D eigenvalue weighted by Crippen LogP contribution is 2.14. The van der Waals surface area contributed by atoms with Crippen molar-refractivity contribution in [2.24, 2.45) is 5.73 Å². The fraction of sp³-hybridized carbons (Fsp3) is 0.455. The molecule has 0 saturated carbocycles. The molecule has 1 aromatic heterocycles. The third-order valence-corrected chi connectivity index (χ3v) is 2.88. The molecule has 2 heterocycles. The van der Waals surface area contributed by atoms with Gasteiger partial charge in [-0.15, -0.1) is 0 Å². The van der Waals surface area contributed by atoms with Crippen molar-refractivity contribution in [3.8, 4) is 0 Å². The van der Waals surface area contributed by atoms with E-state index in [2.05, 4.69) is 21.8 Å². The van der Waals surface area contributed by atoms with Crippen molar-refractivity contribution < 1.29 is 0 Å². The van der Waals surface area contributed by atoms with Crippen molar-refractivity contribution >= 4 is 11.7 Å². The molecule has 0 bridgehead atoms. The number of anilines is 1. The van der Waals surface area contributed by atoms with Gasteiger partial charge in [0, 0.05) is 37.9 Å². The van der Waals surface area contributed by atoms with Crippen LogP contribution >= 0.6 is 0 Å². The molecule has 0 unspecified atom stereocenters. The first-order valence-corrected chi connectivity index (χ1v) is 5.41. The van der Waals surface area contributed by atoms with E-state index in [4.69, 9.17) is 11.1 Å². The summed E-state index contributed by atoms with van der Waals surface area (Å²) in [4.78, 5) is 8.85. The Hall–Kier alpha value is -1.62. The predicted molar refractivity (Wildman–Crippen MR) is 65.0 cm³/mol.